The fourth-order valence-corrected chi connectivity index (χ4v) is 0.418. The second-order valence-electron chi connectivity index (χ2n) is 1.87. The van der Waals surface area contributed by atoms with Gasteiger partial charge >= 0.3 is 0 Å². The standard InChI is InChI=1S/C8H13N.2C2H6/c1-3-8(2)6-4-5-7-9;2*1-2/h3-4,6-7,9H,5H2,1-2H3;2*1-2H3/b6-4-,8-3-,9-7?;;. The molecule has 0 aliphatic rings. The smallest absolute Gasteiger partial charge is 0.000304 e. The van der Waals surface area contributed by atoms with E-state index in [1.54, 1.807) is 0 Å². The molecule has 0 aromatic carbocycles. The highest BCUT2D eigenvalue weighted by molar-refractivity contribution is 5.55. The highest BCUT2D eigenvalue weighted by Crippen LogP contribution is 1.93. The maximum absolute atomic E-state index is 6.71. The zero-order valence-electron chi connectivity index (χ0n) is 10.0. The first-order valence-electron chi connectivity index (χ1n) is 5.09. The van der Waals surface area contributed by atoms with E-state index in [-0.39, 0.29) is 0 Å². The van der Waals surface area contributed by atoms with E-state index in [4.69, 9.17) is 5.41 Å². The van der Waals surface area contributed by atoms with Crippen LogP contribution in [0, 0.1) is 5.41 Å². The van der Waals surface area contributed by atoms with Gasteiger partial charge in [-0.3, -0.25) is 0 Å². The molecule has 0 fully saturated rings. The molecule has 0 aliphatic carbocycles. The Morgan fingerprint density at radius 1 is 1.15 bits per heavy atom. The minimum absolute atomic E-state index is 0.741. The summed E-state index contributed by atoms with van der Waals surface area (Å²) in [5.41, 5.74) is 1.25. The van der Waals surface area contributed by atoms with Crippen LogP contribution in [0.1, 0.15) is 48.0 Å². The van der Waals surface area contributed by atoms with Gasteiger partial charge < -0.3 is 5.41 Å². The fraction of sp³-hybridized carbons (Fsp3) is 0.583. The molecule has 78 valence electrons. The lowest BCUT2D eigenvalue weighted by Crippen LogP contribution is -1.67. The van der Waals surface area contributed by atoms with Gasteiger partial charge in [-0.05, 0) is 20.1 Å². The van der Waals surface area contributed by atoms with E-state index in [1.165, 1.54) is 11.8 Å². The summed E-state index contributed by atoms with van der Waals surface area (Å²) in [5, 5.41) is 6.71. The number of allylic oxidation sites excluding steroid dienone is 4. The van der Waals surface area contributed by atoms with Crippen LogP contribution in [0.5, 0.6) is 0 Å². The molecule has 1 nitrogen and oxygen atoms in total. The summed E-state index contributed by atoms with van der Waals surface area (Å²) in [6, 6.07) is 0. The first-order chi connectivity index (χ1) is 6.31. The summed E-state index contributed by atoms with van der Waals surface area (Å²) < 4.78 is 0. The van der Waals surface area contributed by atoms with Crippen LogP contribution in [0.3, 0.4) is 0 Å². The van der Waals surface area contributed by atoms with Gasteiger partial charge in [-0.25, -0.2) is 0 Å². The lowest BCUT2D eigenvalue weighted by atomic mass is 10.2. The summed E-state index contributed by atoms with van der Waals surface area (Å²) >= 11 is 0. The Balaban J connectivity index is -0.000000218. The minimum Gasteiger partial charge on any atom is -0.313 e. The van der Waals surface area contributed by atoms with E-state index < -0.39 is 0 Å². The maximum Gasteiger partial charge on any atom is 0.000304 e. The van der Waals surface area contributed by atoms with Gasteiger partial charge in [0.1, 0.15) is 0 Å². The van der Waals surface area contributed by atoms with Gasteiger partial charge in [0, 0.05) is 6.42 Å². The highest BCUT2D eigenvalue weighted by Gasteiger charge is 1.74. The van der Waals surface area contributed by atoms with Crippen molar-refractivity contribution < 1.29 is 0 Å². The fourth-order valence-electron chi connectivity index (χ4n) is 0.418. The predicted octanol–water partition coefficient (Wildman–Crippen LogP) is 4.60. The molecule has 0 radical (unpaired) electrons. The number of hydrogen-bond donors (Lipinski definition) is 1. The predicted molar refractivity (Wildman–Crippen MR) is 64.7 cm³/mol. The third kappa shape index (κ3) is 24.7. The van der Waals surface area contributed by atoms with E-state index in [0.717, 1.165) is 6.42 Å². The molecule has 0 saturated carbocycles. The molecule has 13 heavy (non-hydrogen) atoms. The summed E-state index contributed by atoms with van der Waals surface area (Å²) in [6.07, 6.45) is 8.17. The topological polar surface area (TPSA) is 23.9 Å². The first kappa shape index (κ1) is 18.0. The van der Waals surface area contributed by atoms with Crippen LogP contribution in [0.25, 0.3) is 0 Å². The molecule has 1 heteroatoms. The Morgan fingerprint density at radius 2 is 1.62 bits per heavy atom. The molecule has 0 bridgehead atoms. The lowest BCUT2D eigenvalue weighted by Gasteiger charge is -1.84. The van der Waals surface area contributed by atoms with Crippen molar-refractivity contribution >= 4 is 6.21 Å². The maximum atomic E-state index is 6.71. The first-order valence-corrected chi connectivity index (χ1v) is 5.09. The van der Waals surface area contributed by atoms with Gasteiger partial charge in [-0.2, -0.15) is 0 Å². The van der Waals surface area contributed by atoms with Crippen LogP contribution < -0.4 is 0 Å². The largest absolute Gasteiger partial charge is 0.313 e. The Hall–Kier alpha value is -0.850. The van der Waals surface area contributed by atoms with Crippen molar-refractivity contribution in [2.24, 2.45) is 0 Å². The number of rotatable bonds is 3. The summed E-state index contributed by atoms with van der Waals surface area (Å²) in [4.78, 5) is 0. The van der Waals surface area contributed by atoms with E-state index >= 15 is 0 Å². The van der Waals surface area contributed by atoms with Crippen molar-refractivity contribution in [3.63, 3.8) is 0 Å². The quantitative estimate of drug-likeness (QED) is 0.488. The second-order valence-corrected chi connectivity index (χ2v) is 1.87. The van der Waals surface area contributed by atoms with Crippen LogP contribution in [-0.4, -0.2) is 6.21 Å². The van der Waals surface area contributed by atoms with E-state index in [9.17, 15) is 0 Å². The van der Waals surface area contributed by atoms with Crippen LogP contribution >= 0.6 is 0 Å². The van der Waals surface area contributed by atoms with Crippen molar-refractivity contribution in [1.29, 1.82) is 5.41 Å². The van der Waals surface area contributed by atoms with E-state index in [1.807, 2.05) is 59.8 Å². The Kier molecular flexibility index (Phi) is 31.2. The summed E-state index contributed by atoms with van der Waals surface area (Å²) in [6.45, 7) is 12.0. The van der Waals surface area contributed by atoms with Gasteiger partial charge in [0.05, 0.1) is 0 Å². The molecule has 0 rings (SSSR count). The number of nitrogens with one attached hydrogen (secondary N) is 1. The Bertz CT molecular complexity index is 132. The van der Waals surface area contributed by atoms with Crippen molar-refractivity contribution in [1.82, 2.24) is 0 Å². The van der Waals surface area contributed by atoms with Crippen molar-refractivity contribution in [3.05, 3.63) is 23.8 Å². The molecule has 1 N–H and O–H groups in total. The van der Waals surface area contributed by atoms with Gasteiger partial charge in [-0.1, -0.05) is 51.5 Å². The van der Waals surface area contributed by atoms with Gasteiger partial charge in [0.2, 0.25) is 0 Å². The van der Waals surface area contributed by atoms with Crippen LogP contribution in [0.4, 0.5) is 0 Å². The zero-order valence-corrected chi connectivity index (χ0v) is 10.0. The molecule has 0 spiro atoms. The third-order valence-electron chi connectivity index (χ3n) is 1.09. The van der Waals surface area contributed by atoms with Crippen molar-refractivity contribution in [3.8, 4) is 0 Å². The van der Waals surface area contributed by atoms with Crippen LogP contribution in [0.15, 0.2) is 23.8 Å². The zero-order chi connectivity index (χ0) is 11.1. The van der Waals surface area contributed by atoms with E-state index in [0.29, 0.717) is 0 Å². The highest BCUT2D eigenvalue weighted by atomic mass is 14.3. The molecule has 0 unspecified atom stereocenters. The van der Waals surface area contributed by atoms with Gasteiger partial charge in [0.25, 0.3) is 0 Å². The molecular formula is C12H25N. The summed E-state index contributed by atoms with van der Waals surface area (Å²) in [7, 11) is 0. The van der Waals surface area contributed by atoms with Crippen molar-refractivity contribution in [2.45, 2.75) is 48.0 Å². The molecule has 0 heterocycles. The normalized spacial score (nSPS) is 9.54. The van der Waals surface area contributed by atoms with Gasteiger partial charge in [0.15, 0.2) is 0 Å². The lowest BCUT2D eigenvalue weighted by molar-refractivity contribution is 1.40. The second kappa shape index (κ2) is 22.5. The monoisotopic (exact) mass is 183 g/mol. The molecule has 0 aliphatic heterocycles. The van der Waals surface area contributed by atoms with Crippen molar-refractivity contribution in [2.75, 3.05) is 0 Å². The Morgan fingerprint density at radius 3 is 1.92 bits per heavy atom. The SMILES string of the molecule is C/C=C(C)\C=C/CC=N.CC.CC. The molecule has 0 saturated heterocycles. The third-order valence-corrected chi connectivity index (χ3v) is 1.09. The molecule has 0 atom stereocenters. The molecular weight excluding hydrogens is 158 g/mol. The average Bonchev–Trinajstić information content (AvgIpc) is 2.24. The van der Waals surface area contributed by atoms with Crippen LogP contribution in [0.2, 0.25) is 0 Å². The average molecular weight is 183 g/mol. The molecule has 0 amide bonds. The molecule has 0 aromatic heterocycles. The van der Waals surface area contributed by atoms with Crippen LogP contribution in [-0.2, 0) is 0 Å². The Labute approximate surface area is 84.1 Å². The minimum atomic E-state index is 0.741. The van der Waals surface area contributed by atoms with Gasteiger partial charge in [-0.15, -0.1) is 0 Å². The summed E-state index contributed by atoms with van der Waals surface area (Å²) in [5.74, 6) is 0. The number of hydrogen-bond acceptors (Lipinski definition) is 1. The van der Waals surface area contributed by atoms with E-state index in [2.05, 4.69) is 0 Å². The molecule has 0 aromatic rings.